The van der Waals surface area contributed by atoms with Crippen molar-refractivity contribution in [3.63, 3.8) is 0 Å². The number of rotatable bonds is 12. The van der Waals surface area contributed by atoms with E-state index in [1.54, 1.807) is 0 Å². The Bertz CT molecular complexity index is 573. The molecule has 1 N–H and O–H groups in total. The first-order valence-corrected chi connectivity index (χ1v) is 10.5. The minimum Gasteiger partial charge on any atom is -0.461 e. The van der Waals surface area contributed by atoms with Crippen LogP contribution in [0.5, 0.6) is 0 Å². The fraction of sp³-hybridized carbons (Fsp3) is 0.636. The number of hydrogen-bond donors (Lipinski definition) is 1. The Hall–Kier alpha value is -2.08. The molecular formula is C22H34N2O4. The highest BCUT2D eigenvalue weighted by molar-refractivity contribution is 5.70. The van der Waals surface area contributed by atoms with Crippen molar-refractivity contribution in [2.75, 3.05) is 26.2 Å². The van der Waals surface area contributed by atoms with Crippen LogP contribution in [0.3, 0.4) is 0 Å². The molecule has 1 fully saturated rings. The monoisotopic (exact) mass is 390 g/mol. The van der Waals surface area contributed by atoms with Gasteiger partial charge in [-0.3, -0.25) is 4.79 Å². The molecule has 6 heteroatoms. The SMILES string of the molecule is CCCCC(CCC(=O)OCc1ccccc1)OC(=O)NCCN1CCCC1. The van der Waals surface area contributed by atoms with Crippen molar-refractivity contribution in [2.24, 2.45) is 0 Å². The number of alkyl carbamates (subject to hydrolysis) is 1. The average Bonchev–Trinajstić information content (AvgIpc) is 3.22. The highest BCUT2D eigenvalue weighted by Crippen LogP contribution is 2.13. The summed E-state index contributed by atoms with van der Waals surface area (Å²) in [6.07, 6.45) is 5.33. The molecule has 1 saturated heterocycles. The van der Waals surface area contributed by atoms with E-state index in [0.29, 0.717) is 13.0 Å². The maximum absolute atomic E-state index is 12.1. The number of hydrogen-bond acceptors (Lipinski definition) is 5. The van der Waals surface area contributed by atoms with Gasteiger partial charge in [0.15, 0.2) is 0 Å². The van der Waals surface area contributed by atoms with Crippen molar-refractivity contribution in [2.45, 2.75) is 64.6 Å². The van der Waals surface area contributed by atoms with Crippen LogP contribution in [0.1, 0.15) is 57.4 Å². The smallest absolute Gasteiger partial charge is 0.407 e. The van der Waals surface area contributed by atoms with Crippen LogP contribution in [0.15, 0.2) is 30.3 Å². The Kier molecular flexibility index (Phi) is 10.4. The molecule has 1 aliphatic rings. The molecule has 0 radical (unpaired) electrons. The van der Waals surface area contributed by atoms with E-state index in [1.165, 1.54) is 12.8 Å². The third kappa shape index (κ3) is 9.22. The van der Waals surface area contributed by atoms with Crippen molar-refractivity contribution in [3.8, 4) is 0 Å². The fourth-order valence-corrected chi connectivity index (χ4v) is 3.30. The molecule has 1 aromatic rings. The van der Waals surface area contributed by atoms with E-state index in [9.17, 15) is 9.59 Å². The number of nitrogens with one attached hydrogen (secondary N) is 1. The van der Waals surface area contributed by atoms with Crippen LogP contribution >= 0.6 is 0 Å². The maximum atomic E-state index is 12.1. The van der Waals surface area contributed by atoms with Gasteiger partial charge in [-0.2, -0.15) is 0 Å². The number of ether oxygens (including phenoxy) is 2. The Morgan fingerprint density at radius 1 is 1.14 bits per heavy atom. The van der Waals surface area contributed by atoms with Crippen LogP contribution in [0.4, 0.5) is 4.79 Å². The fourth-order valence-electron chi connectivity index (χ4n) is 3.30. The molecule has 1 heterocycles. The molecule has 156 valence electrons. The maximum Gasteiger partial charge on any atom is 0.407 e. The van der Waals surface area contributed by atoms with Crippen molar-refractivity contribution < 1.29 is 19.1 Å². The predicted octanol–water partition coefficient (Wildman–Crippen LogP) is 3.89. The standard InChI is InChI=1S/C22H34N2O4/c1-2-3-11-20(28-22(26)23-14-17-24-15-7-8-16-24)12-13-21(25)27-18-19-9-5-4-6-10-19/h4-6,9-10,20H,2-3,7-8,11-18H2,1H3,(H,23,26). The normalized spacial score (nSPS) is 15.2. The molecule has 1 amide bonds. The summed E-state index contributed by atoms with van der Waals surface area (Å²) in [5, 5.41) is 2.83. The number of esters is 1. The number of amides is 1. The number of carbonyl (C=O) groups is 2. The molecule has 1 aliphatic heterocycles. The van der Waals surface area contributed by atoms with Crippen molar-refractivity contribution in [3.05, 3.63) is 35.9 Å². The van der Waals surface area contributed by atoms with Crippen LogP contribution in [-0.4, -0.2) is 49.2 Å². The van der Waals surface area contributed by atoms with Crippen molar-refractivity contribution >= 4 is 12.1 Å². The lowest BCUT2D eigenvalue weighted by Gasteiger charge is -2.19. The van der Waals surface area contributed by atoms with E-state index < -0.39 is 6.09 Å². The van der Waals surface area contributed by atoms with Crippen LogP contribution in [0, 0.1) is 0 Å². The second-order valence-electron chi connectivity index (χ2n) is 7.33. The summed E-state index contributed by atoms with van der Waals surface area (Å²) in [5.41, 5.74) is 0.965. The van der Waals surface area contributed by atoms with Gasteiger partial charge in [0.05, 0.1) is 0 Å². The van der Waals surface area contributed by atoms with Gasteiger partial charge in [0.2, 0.25) is 0 Å². The van der Waals surface area contributed by atoms with Crippen molar-refractivity contribution in [1.29, 1.82) is 0 Å². The molecule has 0 bridgehead atoms. The van der Waals surface area contributed by atoms with Gasteiger partial charge in [-0.1, -0.05) is 50.1 Å². The van der Waals surface area contributed by atoms with E-state index in [4.69, 9.17) is 9.47 Å². The number of carbonyl (C=O) groups excluding carboxylic acids is 2. The van der Waals surface area contributed by atoms with Crippen LogP contribution in [0.25, 0.3) is 0 Å². The highest BCUT2D eigenvalue weighted by atomic mass is 16.6. The molecule has 0 aromatic heterocycles. The summed E-state index contributed by atoms with van der Waals surface area (Å²) in [6.45, 7) is 6.05. The summed E-state index contributed by atoms with van der Waals surface area (Å²) in [7, 11) is 0. The van der Waals surface area contributed by atoms with Crippen LogP contribution < -0.4 is 5.32 Å². The largest absolute Gasteiger partial charge is 0.461 e. The topological polar surface area (TPSA) is 67.9 Å². The second kappa shape index (κ2) is 13.2. The van der Waals surface area contributed by atoms with Gasteiger partial charge >= 0.3 is 12.1 Å². The second-order valence-corrected chi connectivity index (χ2v) is 7.33. The lowest BCUT2D eigenvalue weighted by molar-refractivity contribution is -0.145. The Balaban J connectivity index is 1.65. The summed E-state index contributed by atoms with van der Waals surface area (Å²) in [4.78, 5) is 26.4. The summed E-state index contributed by atoms with van der Waals surface area (Å²) < 4.78 is 10.9. The van der Waals surface area contributed by atoms with Crippen LogP contribution in [-0.2, 0) is 20.9 Å². The zero-order chi connectivity index (χ0) is 20.0. The minimum absolute atomic E-state index is 0.252. The number of unbranched alkanes of at least 4 members (excludes halogenated alkanes) is 1. The van der Waals surface area contributed by atoms with E-state index in [0.717, 1.165) is 44.5 Å². The average molecular weight is 391 g/mol. The molecule has 0 saturated carbocycles. The quantitative estimate of drug-likeness (QED) is 0.549. The molecule has 2 rings (SSSR count). The predicted molar refractivity (Wildman–Crippen MR) is 109 cm³/mol. The molecule has 0 spiro atoms. The minimum atomic E-state index is -0.391. The molecule has 0 aliphatic carbocycles. The van der Waals surface area contributed by atoms with Gasteiger partial charge in [0.25, 0.3) is 0 Å². The summed E-state index contributed by atoms with van der Waals surface area (Å²) in [6, 6.07) is 9.61. The lowest BCUT2D eigenvalue weighted by atomic mass is 10.1. The third-order valence-corrected chi connectivity index (χ3v) is 4.96. The Labute approximate surface area is 168 Å². The molecule has 6 nitrogen and oxygen atoms in total. The Morgan fingerprint density at radius 3 is 2.61 bits per heavy atom. The molecule has 1 unspecified atom stereocenters. The number of likely N-dealkylation sites (tertiary alicyclic amines) is 1. The zero-order valence-electron chi connectivity index (χ0n) is 17.0. The van der Waals surface area contributed by atoms with Crippen molar-refractivity contribution in [1.82, 2.24) is 10.2 Å². The van der Waals surface area contributed by atoms with Gasteiger partial charge in [0.1, 0.15) is 12.7 Å². The van der Waals surface area contributed by atoms with Gasteiger partial charge < -0.3 is 19.7 Å². The highest BCUT2D eigenvalue weighted by Gasteiger charge is 2.17. The number of benzene rings is 1. The van der Waals surface area contributed by atoms with Gasteiger partial charge in [-0.25, -0.2) is 4.79 Å². The molecule has 1 atom stereocenters. The van der Waals surface area contributed by atoms with E-state index in [-0.39, 0.29) is 25.1 Å². The first-order chi connectivity index (χ1) is 13.7. The van der Waals surface area contributed by atoms with Crippen LogP contribution in [0.2, 0.25) is 0 Å². The zero-order valence-corrected chi connectivity index (χ0v) is 17.0. The first kappa shape index (κ1) is 22.2. The van der Waals surface area contributed by atoms with E-state index >= 15 is 0 Å². The summed E-state index contributed by atoms with van der Waals surface area (Å²) in [5.74, 6) is -0.261. The molecule has 1 aromatic carbocycles. The van der Waals surface area contributed by atoms with Gasteiger partial charge in [0, 0.05) is 19.5 Å². The van der Waals surface area contributed by atoms with E-state index in [1.807, 2.05) is 30.3 Å². The summed E-state index contributed by atoms with van der Waals surface area (Å²) >= 11 is 0. The lowest BCUT2D eigenvalue weighted by Crippen LogP contribution is -2.35. The third-order valence-electron chi connectivity index (χ3n) is 4.96. The van der Waals surface area contributed by atoms with Gasteiger partial charge in [-0.05, 0) is 44.3 Å². The molecule has 28 heavy (non-hydrogen) atoms. The van der Waals surface area contributed by atoms with E-state index in [2.05, 4.69) is 17.1 Å². The van der Waals surface area contributed by atoms with Gasteiger partial charge in [-0.15, -0.1) is 0 Å². The Morgan fingerprint density at radius 2 is 1.89 bits per heavy atom. The molecular weight excluding hydrogens is 356 g/mol. The number of nitrogens with zero attached hydrogens (tertiary/aromatic N) is 1. The first-order valence-electron chi connectivity index (χ1n) is 10.5.